The van der Waals surface area contributed by atoms with E-state index in [9.17, 15) is 15.2 Å². The fourth-order valence-corrected chi connectivity index (χ4v) is 6.64. The van der Waals surface area contributed by atoms with Gasteiger partial charge in [-0.15, -0.1) is 0 Å². The van der Waals surface area contributed by atoms with Crippen molar-refractivity contribution in [1.29, 1.82) is 0 Å². The van der Waals surface area contributed by atoms with Gasteiger partial charge >= 0.3 is 0 Å². The molecule has 4 atom stereocenters. The average molecular weight is 689 g/mol. The van der Waals surface area contributed by atoms with Crippen molar-refractivity contribution < 1.29 is 24.8 Å². The first kappa shape index (κ1) is 30.0. The van der Waals surface area contributed by atoms with Gasteiger partial charge < -0.3 is 24.9 Å². The second-order valence-corrected chi connectivity index (χ2v) is 12.2. The van der Waals surface area contributed by atoms with Crippen molar-refractivity contribution in [2.45, 2.75) is 24.9 Å². The average Bonchev–Trinajstić information content (AvgIpc) is 3.38. The van der Waals surface area contributed by atoms with E-state index < -0.39 is 5.92 Å². The van der Waals surface area contributed by atoms with Crippen molar-refractivity contribution in [3.63, 3.8) is 0 Å². The van der Waals surface area contributed by atoms with Crippen LogP contribution >= 0.6 is 31.9 Å². The molecule has 3 aromatic rings. The molecule has 4 unspecified atom stereocenters. The molecule has 0 aromatic heterocycles. The normalized spacial score (nSPS) is 23.0. The second kappa shape index (κ2) is 13.7. The Hall–Kier alpha value is -2.47. The zero-order valence-corrected chi connectivity index (χ0v) is 26.1. The molecule has 5 rings (SSSR count). The monoisotopic (exact) mass is 687 g/mol. The van der Waals surface area contributed by atoms with E-state index in [0.29, 0.717) is 32.0 Å². The first-order valence-electron chi connectivity index (χ1n) is 13.9. The number of piperazine rings is 1. The minimum Gasteiger partial charge on any atom is -0.493 e. The summed E-state index contributed by atoms with van der Waals surface area (Å²) in [6.07, 6.45) is 0. The number of hydrogen-bond acceptors (Lipinski definition) is 7. The molecule has 2 heterocycles. The number of amides is 1. The van der Waals surface area contributed by atoms with Gasteiger partial charge in [-0.2, -0.15) is 0 Å². The van der Waals surface area contributed by atoms with Crippen LogP contribution < -0.4 is 14.9 Å². The molecule has 0 bridgehead atoms. The summed E-state index contributed by atoms with van der Waals surface area (Å²) < 4.78 is 7.99. The molecule has 3 N–H and O–H groups in total. The molecule has 8 nitrogen and oxygen atoms in total. The minimum atomic E-state index is -0.436. The lowest BCUT2D eigenvalue weighted by Crippen LogP contribution is -2.51. The summed E-state index contributed by atoms with van der Waals surface area (Å²) in [5, 5.41) is 22.6. The number of hydrogen-bond donors (Lipinski definition) is 3. The Morgan fingerprint density at radius 1 is 0.927 bits per heavy atom. The highest BCUT2D eigenvalue weighted by atomic mass is 79.9. The molecule has 1 amide bonds. The van der Waals surface area contributed by atoms with Gasteiger partial charge in [0.05, 0.1) is 19.1 Å². The molecule has 2 saturated heterocycles. The van der Waals surface area contributed by atoms with Gasteiger partial charge in [0, 0.05) is 71.3 Å². The fourth-order valence-electron chi connectivity index (χ4n) is 6.11. The van der Waals surface area contributed by atoms with Crippen LogP contribution in [0.1, 0.15) is 41.6 Å². The van der Waals surface area contributed by atoms with Crippen molar-refractivity contribution in [1.82, 2.24) is 15.1 Å². The van der Waals surface area contributed by atoms with E-state index in [1.807, 2.05) is 42.2 Å². The van der Waals surface area contributed by atoms with Crippen LogP contribution in [0.15, 0.2) is 75.7 Å². The number of carbonyl (C=O) groups is 1. The highest BCUT2D eigenvalue weighted by Gasteiger charge is 2.50. The van der Waals surface area contributed by atoms with E-state index in [-0.39, 0.29) is 36.3 Å². The topological polar surface area (TPSA) is 94.5 Å². The molecule has 2 fully saturated rings. The summed E-state index contributed by atoms with van der Waals surface area (Å²) in [7, 11) is 0. The molecule has 0 aliphatic carbocycles. The highest BCUT2D eigenvalue weighted by molar-refractivity contribution is 9.10. The molecule has 3 aromatic carbocycles. The maximum Gasteiger partial charge on any atom is 0.228 e. The van der Waals surface area contributed by atoms with Crippen molar-refractivity contribution in [3.8, 4) is 11.5 Å². The van der Waals surface area contributed by atoms with Gasteiger partial charge in [-0.25, -0.2) is 5.26 Å². The maximum atomic E-state index is 14.6. The van der Waals surface area contributed by atoms with Crippen molar-refractivity contribution in [2.75, 3.05) is 45.9 Å². The summed E-state index contributed by atoms with van der Waals surface area (Å²) in [4.78, 5) is 23.3. The number of aliphatic hydroxyl groups excluding tert-OH is 1. The summed E-state index contributed by atoms with van der Waals surface area (Å²) >= 11 is 7.13. The number of rotatable bonds is 9. The minimum absolute atomic E-state index is 0.0867. The standard InChI is InChI=1S/C31H35Br2N3O5/c1-2-40-26-19-24(41-39)11-12-25(26)30-28(31(38)36-15-13-35(14-16-36)17-18-37)27(20-3-7-22(32)8-4-20)29(34-30)21-5-9-23(33)10-6-21/h3-12,19,27-30,34,37,39H,2,13-18H2,1H3. The van der Waals surface area contributed by atoms with Gasteiger partial charge in [0.1, 0.15) is 5.75 Å². The summed E-state index contributed by atoms with van der Waals surface area (Å²) in [6, 6.07) is 21.2. The smallest absolute Gasteiger partial charge is 0.228 e. The largest absolute Gasteiger partial charge is 0.493 e. The van der Waals surface area contributed by atoms with Gasteiger partial charge in [-0.1, -0.05) is 56.1 Å². The third-order valence-electron chi connectivity index (χ3n) is 8.06. The lowest BCUT2D eigenvalue weighted by molar-refractivity contribution is -0.138. The van der Waals surface area contributed by atoms with Crippen molar-refractivity contribution in [3.05, 3.63) is 92.4 Å². The number of carbonyl (C=O) groups excluding carboxylic acids is 1. The summed E-state index contributed by atoms with van der Waals surface area (Å²) in [6.45, 7) is 5.71. The van der Waals surface area contributed by atoms with Crippen molar-refractivity contribution >= 4 is 37.8 Å². The molecule has 2 aliphatic rings. The zero-order valence-electron chi connectivity index (χ0n) is 22.9. The predicted molar refractivity (Wildman–Crippen MR) is 164 cm³/mol. The first-order valence-corrected chi connectivity index (χ1v) is 15.5. The molecule has 10 heteroatoms. The molecule has 218 valence electrons. The Morgan fingerprint density at radius 2 is 1.56 bits per heavy atom. The van der Waals surface area contributed by atoms with Gasteiger partial charge in [0.15, 0.2) is 5.75 Å². The SMILES string of the molecule is CCOc1cc(OO)ccc1C1NC(c2ccc(Br)cc2)C(c2ccc(Br)cc2)C1C(=O)N1CCN(CCO)CC1. The van der Waals surface area contributed by atoms with Gasteiger partial charge in [-0.3, -0.25) is 9.69 Å². The third-order valence-corrected chi connectivity index (χ3v) is 9.12. The van der Waals surface area contributed by atoms with Crippen LogP contribution in [0.4, 0.5) is 0 Å². The molecule has 0 spiro atoms. The summed E-state index contributed by atoms with van der Waals surface area (Å²) in [5.41, 5.74) is 3.00. The van der Waals surface area contributed by atoms with Gasteiger partial charge in [-0.05, 0) is 54.4 Å². The Labute approximate surface area is 257 Å². The Morgan fingerprint density at radius 3 is 2.15 bits per heavy atom. The Balaban J connectivity index is 1.61. The van der Waals surface area contributed by atoms with Crippen LogP contribution in [-0.4, -0.2) is 72.0 Å². The maximum absolute atomic E-state index is 14.6. The van der Waals surface area contributed by atoms with Crippen LogP contribution in [0.2, 0.25) is 0 Å². The number of ether oxygens (including phenoxy) is 1. The highest BCUT2D eigenvalue weighted by Crippen LogP contribution is 2.52. The predicted octanol–water partition coefficient (Wildman–Crippen LogP) is 5.38. The first-order chi connectivity index (χ1) is 19.9. The zero-order chi connectivity index (χ0) is 28.9. The Bertz CT molecular complexity index is 1320. The quantitative estimate of drug-likeness (QED) is 0.205. The van der Waals surface area contributed by atoms with E-state index in [1.54, 1.807) is 12.1 Å². The van der Waals surface area contributed by atoms with Crippen LogP contribution in [-0.2, 0) is 4.79 Å². The van der Waals surface area contributed by atoms with E-state index in [4.69, 9.17) is 4.74 Å². The second-order valence-electron chi connectivity index (χ2n) is 10.4. The number of β-amino-alcohol motifs (C(OH)–C–C–N with tert-alkyl or cyclic N) is 1. The van der Waals surface area contributed by atoms with Crippen LogP contribution in [0, 0.1) is 5.92 Å². The fraction of sp³-hybridized carbons (Fsp3) is 0.387. The molecule has 41 heavy (non-hydrogen) atoms. The number of nitrogens with one attached hydrogen (secondary N) is 1. The van der Waals surface area contributed by atoms with Gasteiger partial charge in [0.25, 0.3) is 0 Å². The lowest BCUT2D eigenvalue weighted by Gasteiger charge is -2.38. The van der Waals surface area contributed by atoms with Gasteiger partial charge in [0.2, 0.25) is 5.91 Å². The van der Waals surface area contributed by atoms with Crippen LogP contribution in [0.25, 0.3) is 0 Å². The van der Waals surface area contributed by atoms with Crippen LogP contribution in [0.3, 0.4) is 0 Å². The number of halogens is 2. The van der Waals surface area contributed by atoms with Crippen LogP contribution in [0.5, 0.6) is 11.5 Å². The van der Waals surface area contributed by atoms with E-state index in [0.717, 1.165) is 38.7 Å². The molecule has 0 saturated carbocycles. The molecular weight excluding hydrogens is 654 g/mol. The number of nitrogens with zero attached hydrogens (tertiary/aromatic N) is 2. The van der Waals surface area contributed by atoms with Crippen molar-refractivity contribution in [2.24, 2.45) is 5.92 Å². The van der Waals surface area contributed by atoms with E-state index >= 15 is 0 Å². The molecule has 2 aliphatic heterocycles. The Kier molecular flexibility index (Phi) is 10.0. The number of aliphatic hydroxyl groups is 1. The molecule has 0 radical (unpaired) electrons. The summed E-state index contributed by atoms with van der Waals surface area (Å²) in [5.74, 6) is 0.318. The lowest BCUT2D eigenvalue weighted by atomic mass is 9.77. The molecular formula is C31H35Br2N3O5. The van der Waals surface area contributed by atoms with E-state index in [2.05, 4.69) is 71.2 Å². The van der Waals surface area contributed by atoms with E-state index in [1.165, 1.54) is 0 Å². The third kappa shape index (κ3) is 6.63. The number of benzene rings is 3.